The number of nitrogens with zero attached hydrogens (tertiary/aromatic N) is 1. The molecule has 0 aromatic carbocycles. The Morgan fingerprint density at radius 1 is 1.50 bits per heavy atom. The molecule has 3 nitrogen and oxygen atoms in total. The van der Waals surface area contributed by atoms with Crippen molar-refractivity contribution in [2.45, 2.75) is 39.3 Å². The van der Waals surface area contributed by atoms with E-state index in [1.807, 2.05) is 0 Å². The minimum atomic E-state index is 0.287. The summed E-state index contributed by atoms with van der Waals surface area (Å²) in [7, 11) is 0. The molecule has 1 aliphatic heterocycles. The second-order valence-electron chi connectivity index (χ2n) is 4.47. The molecule has 0 amide bonds. The second-order valence-corrected chi connectivity index (χ2v) is 4.47. The molecule has 3 heteroatoms. The average Bonchev–Trinajstić information content (AvgIpc) is 2.18. The van der Waals surface area contributed by atoms with E-state index in [0.717, 1.165) is 26.3 Å². The minimum Gasteiger partial charge on any atom is -0.378 e. The fraction of sp³-hybridized carbons (Fsp3) is 1.00. The summed E-state index contributed by atoms with van der Waals surface area (Å²) >= 11 is 0. The molecule has 2 N–H and O–H groups in total. The zero-order valence-electron chi connectivity index (χ0n) is 9.70. The van der Waals surface area contributed by atoms with Crippen molar-refractivity contribution in [2.24, 2.45) is 11.7 Å². The highest BCUT2D eigenvalue weighted by Crippen LogP contribution is 2.13. The zero-order valence-corrected chi connectivity index (χ0v) is 9.70. The Balaban J connectivity index is 2.40. The molecule has 1 heterocycles. The van der Waals surface area contributed by atoms with Crippen LogP contribution in [0.5, 0.6) is 0 Å². The topological polar surface area (TPSA) is 38.5 Å². The monoisotopic (exact) mass is 200 g/mol. The molecule has 1 aliphatic rings. The summed E-state index contributed by atoms with van der Waals surface area (Å²) in [6.45, 7) is 10.5. The number of rotatable bonds is 4. The zero-order chi connectivity index (χ0) is 10.6. The Labute approximate surface area is 87.6 Å². The number of hydrogen-bond acceptors (Lipinski definition) is 3. The number of morpholine rings is 1. The molecule has 0 bridgehead atoms. The number of ether oxygens (including phenoxy) is 1. The predicted molar refractivity (Wildman–Crippen MR) is 59.3 cm³/mol. The van der Waals surface area contributed by atoms with Crippen LogP contribution in [0.15, 0.2) is 0 Å². The van der Waals surface area contributed by atoms with Crippen LogP contribution in [0.2, 0.25) is 0 Å². The average molecular weight is 200 g/mol. The van der Waals surface area contributed by atoms with Gasteiger partial charge in [-0.2, -0.15) is 0 Å². The molecule has 0 saturated carbocycles. The van der Waals surface area contributed by atoms with Crippen molar-refractivity contribution in [3.05, 3.63) is 0 Å². The summed E-state index contributed by atoms with van der Waals surface area (Å²) in [6, 6.07) is 0.889. The first kappa shape index (κ1) is 12.0. The van der Waals surface area contributed by atoms with E-state index in [1.165, 1.54) is 6.42 Å². The lowest BCUT2D eigenvalue weighted by molar-refractivity contribution is -0.0154. The molecular weight excluding hydrogens is 176 g/mol. The summed E-state index contributed by atoms with van der Waals surface area (Å²) in [4.78, 5) is 2.53. The summed E-state index contributed by atoms with van der Waals surface area (Å²) in [6.07, 6.45) is 1.17. The van der Waals surface area contributed by atoms with E-state index in [4.69, 9.17) is 10.5 Å². The summed E-state index contributed by atoms with van der Waals surface area (Å²) < 4.78 is 5.47. The maximum Gasteiger partial charge on any atom is 0.0622 e. The van der Waals surface area contributed by atoms with Gasteiger partial charge in [0.1, 0.15) is 0 Å². The standard InChI is InChI=1S/C11H24N2O/c1-4-11-8-14-6-5-13(11)7-9(2)10(3)12/h9-11H,4-8,12H2,1-3H3. The van der Waals surface area contributed by atoms with Crippen molar-refractivity contribution in [1.82, 2.24) is 4.90 Å². The van der Waals surface area contributed by atoms with Crippen molar-refractivity contribution in [2.75, 3.05) is 26.3 Å². The van der Waals surface area contributed by atoms with E-state index in [-0.39, 0.29) is 6.04 Å². The maximum absolute atomic E-state index is 5.88. The van der Waals surface area contributed by atoms with E-state index in [9.17, 15) is 0 Å². The van der Waals surface area contributed by atoms with Crippen LogP contribution in [0, 0.1) is 5.92 Å². The van der Waals surface area contributed by atoms with Crippen molar-refractivity contribution in [3.8, 4) is 0 Å². The van der Waals surface area contributed by atoms with Gasteiger partial charge in [0, 0.05) is 25.2 Å². The molecule has 0 spiro atoms. The highest BCUT2D eigenvalue weighted by molar-refractivity contribution is 4.77. The first-order valence-electron chi connectivity index (χ1n) is 5.72. The van der Waals surface area contributed by atoms with Gasteiger partial charge in [-0.1, -0.05) is 13.8 Å². The molecule has 0 aliphatic carbocycles. The summed E-state index contributed by atoms with van der Waals surface area (Å²) in [5.74, 6) is 0.571. The quantitative estimate of drug-likeness (QED) is 0.738. The van der Waals surface area contributed by atoms with Crippen LogP contribution in [0.3, 0.4) is 0 Å². The van der Waals surface area contributed by atoms with E-state index in [0.29, 0.717) is 12.0 Å². The van der Waals surface area contributed by atoms with Crippen LogP contribution in [0.25, 0.3) is 0 Å². The molecule has 0 aromatic heterocycles. The Bertz CT molecular complexity index is 161. The van der Waals surface area contributed by atoms with Crippen LogP contribution in [0.4, 0.5) is 0 Å². The highest BCUT2D eigenvalue weighted by atomic mass is 16.5. The molecule has 84 valence electrons. The molecule has 14 heavy (non-hydrogen) atoms. The van der Waals surface area contributed by atoms with Crippen molar-refractivity contribution >= 4 is 0 Å². The molecule has 1 rings (SSSR count). The summed E-state index contributed by atoms with van der Waals surface area (Å²) in [5, 5.41) is 0. The lowest BCUT2D eigenvalue weighted by Crippen LogP contribution is -2.48. The van der Waals surface area contributed by atoms with Gasteiger partial charge in [0.25, 0.3) is 0 Å². The summed E-state index contributed by atoms with van der Waals surface area (Å²) in [5.41, 5.74) is 5.88. The molecule has 0 radical (unpaired) electrons. The molecule has 1 saturated heterocycles. The number of nitrogens with two attached hydrogens (primary N) is 1. The van der Waals surface area contributed by atoms with Crippen molar-refractivity contribution in [1.29, 1.82) is 0 Å². The molecule has 3 unspecified atom stereocenters. The highest BCUT2D eigenvalue weighted by Gasteiger charge is 2.23. The largest absolute Gasteiger partial charge is 0.378 e. The van der Waals surface area contributed by atoms with Crippen LogP contribution >= 0.6 is 0 Å². The minimum absolute atomic E-state index is 0.287. The third-order valence-electron chi connectivity index (χ3n) is 3.24. The van der Waals surface area contributed by atoms with Gasteiger partial charge < -0.3 is 10.5 Å². The lowest BCUT2D eigenvalue weighted by atomic mass is 10.0. The SMILES string of the molecule is CCC1COCCN1CC(C)C(C)N. The lowest BCUT2D eigenvalue weighted by Gasteiger charge is -2.37. The van der Waals surface area contributed by atoms with E-state index in [2.05, 4.69) is 25.7 Å². The van der Waals surface area contributed by atoms with E-state index in [1.54, 1.807) is 0 Å². The fourth-order valence-electron chi connectivity index (χ4n) is 1.84. The third kappa shape index (κ3) is 3.23. The van der Waals surface area contributed by atoms with Gasteiger partial charge in [0.05, 0.1) is 13.2 Å². The van der Waals surface area contributed by atoms with Gasteiger partial charge >= 0.3 is 0 Å². The smallest absolute Gasteiger partial charge is 0.0622 e. The molecule has 1 fully saturated rings. The van der Waals surface area contributed by atoms with Crippen LogP contribution in [0.1, 0.15) is 27.2 Å². The van der Waals surface area contributed by atoms with Gasteiger partial charge in [0.15, 0.2) is 0 Å². The first-order valence-corrected chi connectivity index (χ1v) is 5.72. The van der Waals surface area contributed by atoms with E-state index >= 15 is 0 Å². The van der Waals surface area contributed by atoms with Crippen molar-refractivity contribution in [3.63, 3.8) is 0 Å². The maximum atomic E-state index is 5.88. The Hall–Kier alpha value is -0.120. The van der Waals surface area contributed by atoms with Gasteiger partial charge in [-0.3, -0.25) is 4.90 Å². The van der Waals surface area contributed by atoms with Gasteiger partial charge in [-0.15, -0.1) is 0 Å². The molecular formula is C11H24N2O. The number of hydrogen-bond donors (Lipinski definition) is 1. The van der Waals surface area contributed by atoms with Crippen molar-refractivity contribution < 1.29 is 4.74 Å². The van der Waals surface area contributed by atoms with Crippen LogP contribution < -0.4 is 5.73 Å². The third-order valence-corrected chi connectivity index (χ3v) is 3.24. The van der Waals surface area contributed by atoms with Gasteiger partial charge in [-0.25, -0.2) is 0 Å². The van der Waals surface area contributed by atoms with Gasteiger partial charge in [-0.05, 0) is 19.3 Å². The second kappa shape index (κ2) is 5.69. The Morgan fingerprint density at radius 2 is 2.21 bits per heavy atom. The fourth-order valence-corrected chi connectivity index (χ4v) is 1.84. The first-order chi connectivity index (χ1) is 6.65. The van der Waals surface area contributed by atoms with E-state index < -0.39 is 0 Å². The molecule has 0 aromatic rings. The van der Waals surface area contributed by atoms with Crippen LogP contribution in [-0.2, 0) is 4.74 Å². The van der Waals surface area contributed by atoms with Crippen LogP contribution in [-0.4, -0.2) is 43.3 Å². The Kier molecular flexibility index (Phi) is 4.85. The van der Waals surface area contributed by atoms with Gasteiger partial charge in [0.2, 0.25) is 0 Å². The Morgan fingerprint density at radius 3 is 2.79 bits per heavy atom. The predicted octanol–water partition coefficient (Wildman–Crippen LogP) is 1.08. The normalized spacial score (nSPS) is 28.7. The molecule has 3 atom stereocenters.